The van der Waals surface area contributed by atoms with Crippen molar-refractivity contribution in [3.8, 4) is 0 Å². The van der Waals surface area contributed by atoms with Gasteiger partial charge in [0.2, 0.25) is 10.0 Å². The Labute approximate surface area is 225 Å². The quantitative estimate of drug-likeness (QED) is 0.390. The molecule has 2 heterocycles. The maximum Gasteiger partial charge on any atom is 0.319 e. The molecular weight excluding hydrogens is 526 g/mol. The third-order valence-corrected chi connectivity index (χ3v) is 9.31. The summed E-state index contributed by atoms with van der Waals surface area (Å²) in [4.78, 5) is 40.2. The van der Waals surface area contributed by atoms with E-state index in [2.05, 4.69) is 15.5 Å². The van der Waals surface area contributed by atoms with Gasteiger partial charge in [-0.3, -0.25) is 14.9 Å². The first-order valence-electron chi connectivity index (χ1n) is 12.0. The van der Waals surface area contributed by atoms with Gasteiger partial charge in [0.15, 0.2) is 0 Å². The van der Waals surface area contributed by atoms with E-state index in [4.69, 9.17) is 5.73 Å². The molecule has 0 unspecified atom stereocenters. The zero-order valence-electron chi connectivity index (χ0n) is 21.1. The number of likely N-dealkylation sites (N-methyl/N-ethyl adjacent to an activating group) is 1. The lowest BCUT2D eigenvalue weighted by Gasteiger charge is -2.22. The molecule has 4 rings (SSSR count). The topological polar surface area (TPSA) is 142 Å². The van der Waals surface area contributed by atoms with Gasteiger partial charge in [-0.05, 0) is 48.9 Å². The van der Waals surface area contributed by atoms with E-state index in [9.17, 15) is 22.8 Å². The van der Waals surface area contributed by atoms with E-state index in [-0.39, 0.29) is 29.1 Å². The fraction of sp³-hybridized carbons (Fsp3) is 0.269. The molecule has 4 N–H and O–H groups in total. The number of carbonyl (C=O) groups is 3. The minimum Gasteiger partial charge on any atom is -0.351 e. The Balaban J connectivity index is 1.55. The molecule has 4 amide bonds. The second-order valence-corrected chi connectivity index (χ2v) is 12.0. The lowest BCUT2D eigenvalue weighted by Crippen LogP contribution is -2.36. The van der Waals surface area contributed by atoms with E-state index >= 15 is 0 Å². The fourth-order valence-electron chi connectivity index (χ4n) is 4.29. The Kier molecular flexibility index (Phi) is 8.26. The first kappa shape index (κ1) is 27.5. The van der Waals surface area contributed by atoms with E-state index in [1.54, 1.807) is 6.92 Å². The number of sulfonamides is 1. The lowest BCUT2D eigenvalue weighted by molar-refractivity contribution is 0.0966. The number of carbonyl (C=O) groups excluding carboxylic acids is 3. The van der Waals surface area contributed by atoms with Crippen LogP contribution in [0.3, 0.4) is 0 Å². The van der Waals surface area contributed by atoms with Crippen molar-refractivity contribution in [2.24, 2.45) is 5.73 Å². The summed E-state index contributed by atoms with van der Waals surface area (Å²) in [7, 11) is -1.83. The molecule has 0 saturated carbocycles. The summed E-state index contributed by atoms with van der Waals surface area (Å²) in [5.41, 5.74) is 7.25. The van der Waals surface area contributed by atoms with Crippen molar-refractivity contribution in [1.82, 2.24) is 14.5 Å². The number of thiophene rings is 1. The molecule has 0 spiro atoms. The summed E-state index contributed by atoms with van der Waals surface area (Å²) in [6.45, 7) is 3.62. The van der Waals surface area contributed by atoms with Crippen molar-refractivity contribution in [3.63, 3.8) is 0 Å². The third kappa shape index (κ3) is 5.94. The van der Waals surface area contributed by atoms with E-state index < -0.39 is 27.9 Å². The minimum atomic E-state index is -3.79. The number of fused-ring (bicyclic) bond motifs is 1. The molecule has 3 aromatic rings. The van der Waals surface area contributed by atoms with Gasteiger partial charge in [-0.25, -0.2) is 13.2 Å². The normalized spacial score (nSPS) is 13.7. The molecule has 0 fully saturated rings. The number of anilines is 1. The molecule has 1 aliphatic heterocycles. The number of nitrogens with zero attached hydrogens (tertiary/aromatic N) is 2. The Bertz CT molecular complexity index is 1450. The van der Waals surface area contributed by atoms with Crippen molar-refractivity contribution in [2.45, 2.75) is 31.3 Å². The van der Waals surface area contributed by atoms with Crippen LogP contribution in [0, 0.1) is 0 Å². The van der Waals surface area contributed by atoms with Crippen LogP contribution in [-0.4, -0.2) is 55.6 Å². The van der Waals surface area contributed by atoms with Gasteiger partial charge < -0.3 is 16.0 Å². The second kappa shape index (κ2) is 11.4. The maximum atomic E-state index is 13.2. The molecule has 0 aliphatic carbocycles. The molecule has 200 valence electrons. The number of hydrogen-bond acceptors (Lipinski definition) is 7. The number of urea groups is 1. The van der Waals surface area contributed by atoms with Crippen LogP contribution in [0.15, 0.2) is 59.5 Å². The molecule has 0 saturated heterocycles. The van der Waals surface area contributed by atoms with Crippen molar-refractivity contribution >= 4 is 44.2 Å². The van der Waals surface area contributed by atoms with Gasteiger partial charge in [0.25, 0.3) is 11.8 Å². The van der Waals surface area contributed by atoms with Crippen LogP contribution >= 0.6 is 11.3 Å². The van der Waals surface area contributed by atoms with Gasteiger partial charge in [0.05, 0.1) is 10.5 Å². The highest BCUT2D eigenvalue weighted by Gasteiger charge is 2.29. The van der Waals surface area contributed by atoms with Crippen LogP contribution < -0.4 is 16.4 Å². The number of amides is 4. The van der Waals surface area contributed by atoms with Crippen molar-refractivity contribution in [1.29, 1.82) is 0 Å². The second-order valence-electron chi connectivity index (χ2n) is 8.91. The lowest BCUT2D eigenvalue weighted by atomic mass is 10.0. The number of rotatable bonds is 8. The Morgan fingerprint density at radius 3 is 2.37 bits per heavy atom. The standard InChI is InChI=1S/C26H29N5O5S2/c1-3-31(15-17-7-5-4-6-8-17)38(35,36)19-11-9-18(10-12-19)23(32)28-25-22(24(33)29-26(27)34)20-13-14-30(2)16-21(20)37-25/h4-12H,3,13-16H2,1-2H3,(H,28,32)(H3,27,29,33,34). The van der Waals surface area contributed by atoms with Crippen LogP contribution in [-0.2, 0) is 29.5 Å². The van der Waals surface area contributed by atoms with E-state index in [0.29, 0.717) is 18.0 Å². The largest absolute Gasteiger partial charge is 0.351 e. The average Bonchev–Trinajstić information content (AvgIpc) is 3.24. The summed E-state index contributed by atoms with van der Waals surface area (Å²) in [5, 5.41) is 5.16. The molecule has 0 radical (unpaired) electrons. The number of nitrogens with two attached hydrogens (primary N) is 1. The van der Waals surface area contributed by atoms with Crippen molar-refractivity contribution < 1.29 is 22.8 Å². The number of benzene rings is 2. The van der Waals surface area contributed by atoms with Crippen LogP contribution in [0.25, 0.3) is 0 Å². The Hall–Kier alpha value is -3.58. The van der Waals surface area contributed by atoms with Gasteiger partial charge in [-0.15, -0.1) is 11.3 Å². The highest BCUT2D eigenvalue weighted by Crippen LogP contribution is 2.37. The Morgan fingerprint density at radius 1 is 1.05 bits per heavy atom. The summed E-state index contributed by atoms with van der Waals surface area (Å²) in [6.07, 6.45) is 0.586. The summed E-state index contributed by atoms with van der Waals surface area (Å²) < 4.78 is 27.8. The maximum absolute atomic E-state index is 13.2. The summed E-state index contributed by atoms with van der Waals surface area (Å²) >= 11 is 1.27. The molecule has 0 bridgehead atoms. The highest BCUT2D eigenvalue weighted by molar-refractivity contribution is 7.89. The van der Waals surface area contributed by atoms with E-state index in [0.717, 1.165) is 22.5 Å². The van der Waals surface area contributed by atoms with Gasteiger partial charge >= 0.3 is 6.03 Å². The summed E-state index contributed by atoms with van der Waals surface area (Å²) in [5.74, 6) is -1.18. The van der Waals surface area contributed by atoms with Crippen LogP contribution in [0.4, 0.5) is 9.80 Å². The average molecular weight is 556 g/mol. The molecule has 12 heteroatoms. The zero-order valence-corrected chi connectivity index (χ0v) is 22.7. The first-order valence-corrected chi connectivity index (χ1v) is 14.2. The van der Waals surface area contributed by atoms with Crippen molar-refractivity contribution in [3.05, 3.63) is 81.7 Å². The molecule has 1 aliphatic rings. The Morgan fingerprint density at radius 2 is 1.74 bits per heavy atom. The van der Waals surface area contributed by atoms with E-state index in [1.165, 1.54) is 39.9 Å². The SMILES string of the molecule is CCN(Cc1ccccc1)S(=O)(=O)c1ccc(C(=O)Nc2sc3c(c2C(=O)NC(N)=O)CCN(C)C3)cc1. The van der Waals surface area contributed by atoms with E-state index in [1.807, 2.05) is 37.4 Å². The fourth-order valence-corrected chi connectivity index (χ4v) is 7.05. The molecule has 1 aromatic heterocycles. The first-order chi connectivity index (χ1) is 18.1. The van der Waals surface area contributed by atoms with Crippen LogP contribution in [0.1, 0.15) is 43.6 Å². The summed E-state index contributed by atoms with van der Waals surface area (Å²) in [6, 6.07) is 14.0. The predicted octanol–water partition coefficient (Wildman–Crippen LogP) is 3.01. The molecule has 10 nitrogen and oxygen atoms in total. The van der Waals surface area contributed by atoms with Gasteiger partial charge in [-0.1, -0.05) is 37.3 Å². The van der Waals surface area contributed by atoms with Crippen molar-refractivity contribution in [2.75, 3.05) is 25.5 Å². The number of nitrogens with one attached hydrogen (secondary N) is 2. The van der Waals surface area contributed by atoms with Gasteiger partial charge in [-0.2, -0.15) is 4.31 Å². The van der Waals surface area contributed by atoms with Gasteiger partial charge in [0, 0.05) is 36.6 Å². The molecule has 38 heavy (non-hydrogen) atoms. The molecule has 2 aromatic carbocycles. The number of imide groups is 1. The highest BCUT2D eigenvalue weighted by atomic mass is 32.2. The van der Waals surface area contributed by atoms with Gasteiger partial charge in [0.1, 0.15) is 5.00 Å². The zero-order chi connectivity index (χ0) is 27.4. The van der Waals surface area contributed by atoms with Crippen LogP contribution in [0.5, 0.6) is 0 Å². The number of hydrogen-bond donors (Lipinski definition) is 3. The smallest absolute Gasteiger partial charge is 0.319 e. The number of primary amides is 1. The minimum absolute atomic E-state index is 0.0722. The molecular formula is C26H29N5O5S2. The third-order valence-electron chi connectivity index (χ3n) is 6.25. The predicted molar refractivity (Wildman–Crippen MR) is 146 cm³/mol. The van der Waals surface area contributed by atoms with Crippen LogP contribution in [0.2, 0.25) is 0 Å². The monoisotopic (exact) mass is 555 g/mol. The molecule has 0 atom stereocenters.